The number of hydrogen-bond acceptors (Lipinski definition) is 3. The molecule has 0 aromatic rings. The number of aliphatic hydroxyl groups is 1. The van der Waals surface area contributed by atoms with Gasteiger partial charge in [-0.25, -0.2) is 0 Å². The normalized spacial score (nSPS) is 7.44. The van der Waals surface area contributed by atoms with Crippen molar-refractivity contribution in [3.05, 3.63) is 0 Å². The fourth-order valence-corrected chi connectivity index (χ4v) is 0. The van der Waals surface area contributed by atoms with Crippen LogP contribution >= 0.6 is 0 Å². The number of carbonyl (C=O) groups is 1. The SMILES string of the molecule is CCC(=O)O.NCCO. The maximum absolute atomic E-state index is 9.37. The van der Waals surface area contributed by atoms with Crippen LogP contribution in [0.15, 0.2) is 0 Å². The van der Waals surface area contributed by atoms with Crippen molar-refractivity contribution >= 4 is 5.97 Å². The molecular formula is C5H13NO3. The average molecular weight is 135 g/mol. The first-order valence-electron chi connectivity index (χ1n) is 2.71. The number of hydrogen-bond donors (Lipinski definition) is 3. The Hall–Kier alpha value is -0.610. The summed E-state index contributed by atoms with van der Waals surface area (Å²) < 4.78 is 0. The third-order valence-corrected chi connectivity index (χ3v) is 0.432. The van der Waals surface area contributed by atoms with Gasteiger partial charge in [-0.2, -0.15) is 0 Å². The fraction of sp³-hybridized carbons (Fsp3) is 0.800. The summed E-state index contributed by atoms with van der Waals surface area (Å²) in [5.41, 5.74) is 4.78. The Kier molecular flexibility index (Phi) is 13.0. The van der Waals surface area contributed by atoms with Crippen LogP contribution in [0.1, 0.15) is 13.3 Å². The maximum Gasteiger partial charge on any atom is 0.303 e. The molecule has 0 fully saturated rings. The molecule has 0 rings (SSSR count). The lowest BCUT2D eigenvalue weighted by Crippen LogP contribution is -2.02. The molecular weight excluding hydrogens is 122 g/mol. The van der Waals surface area contributed by atoms with Gasteiger partial charge in [0.05, 0.1) is 6.61 Å². The molecule has 0 atom stereocenters. The van der Waals surface area contributed by atoms with E-state index >= 15 is 0 Å². The van der Waals surface area contributed by atoms with Crippen LogP contribution in [0.3, 0.4) is 0 Å². The summed E-state index contributed by atoms with van der Waals surface area (Å²) in [5.74, 6) is -0.745. The van der Waals surface area contributed by atoms with Crippen LogP contribution in [0.4, 0.5) is 0 Å². The number of carboxylic acid groups (broad SMARTS) is 1. The van der Waals surface area contributed by atoms with Crippen molar-refractivity contribution in [3.8, 4) is 0 Å². The molecule has 4 nitrogen and oxygen atoms in total. The summed E-state index contributed by atoms with van der Waals surface area (Å²) in [4.78, 5) is 9.37. The Morgan fingerprint density at radius 2 is 1.89 bits per heavy atom. The summed E-state index contributed by atoms with van der Waals surface area (Å²) >= 11 is 0. The van der Waals surface area contributed by atoms with Gasteiger partial charge < -0.3 is 15.9 Å². The van der Waals surface area contributed by atoms with E-state index in [0.717, 1.165) is 0 Å². The standard InChI is InChI=1S/C3H6O2.C2H7NO/c1-2-3(4)5;3-1-2-4/h2H2,1H3,(H,4,5);4H,1-3H2. The minimum Gasteiger partial charge on any atom is -0.481 e. The Morgan fingerprint density at radius 1 is 1.67 bits per heavy atom. The highest BCUT2D eigenvalue weighted by Crippen LogP contribution is 1.67. The first kappa shape index (κ1) is 11.2. The molecule has 4 N–H and O–H groups in total. The molecule has 0 saturated carbocycles. The van der Waals surface area contributed by atoms with Gasteiger partial charge >= 0.3 is 5.97 Å². The number of aliphatic hydroxyl groups excluding tert-OH is 1. The predicted molar refractivity (Wildman–Crippen MR) is 34.1 cm³/mol. The smallest absolute Gasteiger partial charge is 0.303 e. The van der Waals surface area contributed by atoms with Gasteiger partial charge in [0.1, 0.15) is 0 Å². The van der Waals surface area contributed by atoms with Gasteiger partial charge in [0.15, 0.2) is 0 Å². The minimum atomic E-state index is -0.745. The third-order valence-electron chi connectivity index (χ3n) is 0.432. The molecule has 0 amide bonds. The highest BCUT2D eigenvalue weighted by molar-refractivity contribution is 5.66. The molecule has 4 heteroatoms. The second-order valence-electron chi connectivity index (χ2n) is 1.26. The molecule has 0 aromatic carbocycles. The number of rotatable bonds is 2. The van der Waals surface area contributed by atoms with E-state index in [9.17, 15) is 4.79 Å². The van der Waals surface area contributed by atoms with Crippen LogP contribution in [0.2, 0.25) is 0 Å². The predicted octanol–water partition coefficient (Wildman–Crippen LogP) is -0.582. The van der Waals surface area contributed by atoms with E-state index in [-0.39, 0.29) is 13.0 Å². The van der Waals surface area contributed by atoms with Crippen molar-refractivity contribution in [3.63, 3.8) is 0 Å². The van der Waals surface area contributed by atoms with Crippen molar-refractivity contribution < 1.29 is 15.0 Å². The Morgan fingerprint density at radius 3 is 1.89 bits per heavy atom. The molecule has 0 saturated heterocycles. The minimum absolute atomic E-state index is 0.0972. The van der Waals surface area contributed by atoms with Crippen LogP contribution in [-0.2, 0) is 4.79 Å². The molecule has 0 spiro atoms. The Bertz CT molecular complexity index is 63.2. The van der Waals surface area contributed by atoms with Crippen molar-refractivity contribution in [2.75, 3.05) is 13.2 Å². The van der Waals surface area contributed by atoms with Gasteiger partial charge in [-0.3, -0.25) is 4.79 Å². The lowest BCUT2D eigenvalue weighted by Gasteiger charge is -1.71. The van der Waals surface area contributed by atoms with Gasteiger partial charge in [0.2, 0.25) is 0 Å². The third kappa shape index (κ3) is 37.6. The van der Waals surface area contributed by atoms with E-state index in [1.165, 1.54) is 0 Å². The van der Waals surface area contributed by atoms with Crippen molar-refractivity contribution in [1.29, 1.82) is 0 Å². The Balaban J connectivity index is 0. The molecule has 0 aliphatic carbocycles. The van der Waals surface area contributed by atoms with Gasteiger partial charge in [-0.05, 0) is 0 Å². The topological polar surface area (TPSA) is 83.5 Å². The van der Waals surface area contributed by atoms with Gasteiger partial charge in [-0.1, -0.05) is 6.92 Å². The fourth-order valence-electron chi connectivity index (χ4n) is 0. The van der Waals surface area contributed by atoms with Crippen LogP contribution in [0.25, 0.3) is 0 Å². The zero-order valence-electron chi connectivity index (χ0n) is 5.50. The molecule has 0 aliphatic rings. The van der Waals surface area contributed by atoms with Crippen LogP contribution in [0, 0.1) is 0 Å². The highest BCUT2D eigenvalue weighted by Gasteiger charge is 1.80. The summed E-state index contributed by atoms with van der Waals surface area (Å²) in [5, 5.41) is 15.5. The van der Waals surface area contributed by atoms with Crippen LogP contribution in [-0.4, -0.2) is 29.3 Å². The van der Waals surface area contributed by atoms with Gasteiger partial charge in [0, 0.05) is 13.0 Å². The zero-order chi connectivity index (χ0) is 7.70. The number of nitrogens with two attached hydrogens (primary N) is 1. The van der Waals surface area contributed by atoms with E-state index in [1.807, 2.05) is 0 Å². The molecule has 9 heavy (non-hydrogen) atoms. The molecule has 0 radical (unpaired) electrons. The van der Waals surface area contributed by atoms with Crippen molar-refractivity contribution in [2.45, 2.75) is 13.3 Å². The second-order valence-corrected chi connectivity index (χ2v) is 1.26. The zero-order valence-corrected chi connectivity index (χ0v) is 5.50. The van der Waals surface area contributed by atoms with E-state index in [0.29, 0.717) is 6.54 Å². The molecule has 0 heterocycles. The van der Waals surface area contributed by atoms with E-state index in [1.54, 1.807) is 6.92 Å². The summed E-state index contributed by atoms with van der Waals surface area (Å²) in [6.07, 6.45) is 0.222. The van der Waals surface area contributed by atoms with E-state index in [4.69, 9.17) is 15.9 Å². The molecule has 0 unspecified atom stereocenters. The quantitative estimate of drug-likeness (QED) is 0.473. The van der Waals surface area contributed by atoms with Crippen molar-refractivity contribution in [2.24, 2.45) is 5.73 Å². The van der Waals surface area contributed by atoms with Crippen LogP contribution in [0.5, 0.6) is 0 Å². The molecule has 0 bridgehead atoms. The molecule has 56 valence electrons. The average Bonchev–Trinajstić information content (AvgIpc) is 1.89. The first-order valence-corrected chi connectivity index (χ1v) is 2.71. The molecule has 0 aromatic heterocycles. The van der Waals surface area contributed by atoms with Gasteiger partial charge in [-0.15, -0.1) is 0 Å². The second kappa shape index (κ2) is 10.4. The molecule has 0 aliphatic heterocycles. The lowest BCUT2D eigenvalue weighted by molar-refractivity contribution is -0.136. The van der Waals surface area contributed by atoms with E-state index < -0.39 is 5.97 Å². The van der Waals surface area contributed by atoms with Crippen molar-refractivity contribution in [1.82, 2.24) is 0 Å². The number of aliphatic carboxylic acids is 1. The highest BCUT2D eigenvalue weighted by atomic mass is 16.4. The van der Waals surface area contributed by atoms with E-state index in [2.05, 4.69) is 0 Å². The summed E-state index contributed by atoms with van der Waals surface area (Å²) in [6, 6.07) is 0. The first-order chi connectivity index (χ1) is 4.18. The number of carboxylic acids is 1. The maximum atomic E-state index is 9.37. The monoisotopic (exact) mass is 135 g/mol. The van der Waals surface area contributed by atoms with Crippen LogP contribution < -0.4 is 5.73 Å². The summed E-state index contributed by atoms with van der Waals surface area (Å²) in [6.45, 7) is 2.07. The Labute approximate surface area is 54.3 Å². The summed E-state index contributed by atoms with van der Waals surface area (Å²) in [7, 11) is 0. The largest absolute Gasteiger partial charge is 0.481 e. The van der Waals surface area contributed by atoms with Gasteiger partial charge in [0.25, 0.3) is 0 Å². The lowest BCUT2D eigenvalue weighted by atomic mass is 10.5.